The first-order chi connectivity index (χ1) is 34.2. The lowest BCUT2D eigenvalue weighted by Crippen LogP contribution is -2.61. The second-order valence-electron chi connectivity index (χ2n) is 28.2. The van der Waals surface area contributed by atoms with Gasteiger partial charge in [0.2, 0.25) is 0 Å². The molecule has 73 heavy (non-hydrogen) atoms. The van der Waals surface area contributed by atoms with Crippen molar-refractivity contribution in [2.75, 3.05) is 9.80 Å². The van der Waals surface area contributed by atoms with Gasteiger partial charge in [-0.3, -0.25) is 0 Å². The smallest absolute Gasteiger partial charge is 0.254 e. The van der Waals surface area contributed by atoms with Crippen molar-refractivity contribution in [3.63, 3.8) is 0 Å². The number of fused-ring (bicyclic) bond motifs is 12. The maximum atomic E-state index is 2.75. The minimum atomic E-state index is -0.0299. The van der Waals surface area contributed by atoms with E-state index in [9.17, 15) is 0 Å². The molecule has 0 radical (unpaired) electrons. The Labute approximate surface area is 444 Å². The van der Waals surface area contributed by atoms with Crippen molar-refractivity contribution >= 4 is 78.0 Å². The molecule has 2 nitrogen and oxygen atoms in total. The van der Waals surface area contributed by atoms with Gasteiger partial charge in [0.15, 0.2) is 0 Å². The van der Waals surface area contributed by atoms with Gasteiger partial charge in [-0.05, 0) is 236 Å². The van der Waals surface area contributed by atoms with Crippen molar-refractivity contribution in [3.05, 3.63) is 147 Å². The van der Waals surface area contributed by atoms with Gasteiger partial charge in [-0.1, -0.05) is 144 Å². The zero-order chi connectivity index (χ0) is 51.9. The molecule has 3 aliphatic carbocycles. The molecule has 12 rings (SSSR count). The minimum Gasteiger partial charge on any atom is -0.311 e. The van der Waals surface area contributed by atoms with Gasteiger partial charge in [0.1, 0.15) is 0 Å². The molecule has 2 bridgehead atoms. The summed E-state index contributed by atoms with van der Waals surface area (Å²) in [6, 6.07) is 38.0. The Morgan fingerprint density at radius 1 is 0.589 bits per heavy atom. The highest BCUT2D eigenvalue weighted by Gasteiger charge is 2.54. The van der Waals surface area contributed by atoms with Gasteiger partial charge in [-0.25, -0.2) is 0 Å². The number of thiophene rings is 1. The van der Waals surface area contributed by atoms with Gasteiger partial charge in [-0.15, -0.1) is 11.3 Å². The molecule has 1 saturated carbocycles. The Hall–Kier alpha value is -5.06. The van der Waals surface area contributed by atoms with Crippen LogP contribution in [0.1, 0.15) is 191 Å². The number of aryl methyl sites for hydroxylation is 4. The van der Waals surface area contributed by atoms with E-state index in [0.717, 1.165) is 6.42 Å². The van der Waals surface area contributed by atoms with Crippen molar-refractivity contribution in [1.29, 1.82) is 0 Å². The second kappa shape index (κ2) is 16.0. The quantitative estimate of drug-likeness (QED) is 0.147. The number of anilines is 6. The number of rotatable bonds is 7. The number of hydrogen-bond donors (Lipinski definition) is 0. The third kappa shape index (κ3) is 7.35. The molecule has 0 saturated heterocycles. The summed E-state index contributed by atoms with van der Waals surface area (Å²) >= 11 is 2.06. The molecule has 1 fully saturated rings. The molecule has 2 unspecified atom stereocenters. The molecule has 7 aromatic rings. The van der Waals surface area contributed by atoms with E-state index in [1.165, 1.54) is 154 Å². The first kappa shape index (κ1) is 48.9. The maximum absolute atomic E-state index is 2.75. The third-order valence-corrected chi connectivity index (χ3v) is 20.8. The average Bonchev–Trinajstić information content (AvgIpc) is 3.92. The first-order valence-electron chi connectivity index (χ1n) is 28.1. The first-order valence-corrected chi connectivity index (χ1v) is 28.9. The number of hydrogen-bond acceptors (Lipinski definition) is 3. The Morgan fingerprint density at radius 2 is 1.22 bits per heavy atom. The Kier molecular flexibility index (Phi) is 10.7. The zero-order valence-electron chi connectivity index (χ0n) is 47.6. The van der Waals surface area contributed by atoms with Gasteiger partial charge in [0.25, 0.3) is 6.71 Å². The fourth-order valence-corrected chi connectivity index (χ4v) is 16.5. The van der Waals surface area contributed by atoms with E-state index in [1.807, 2.05) is 0 Å². The van der Waals surface area contributed by atoms with Crippen LogP contribution in [-0.4, -0.2) is 6.71 Å². The second-order valence-corrected chi connectivity index (χ2v) is 29.2. The molecule has 4 heteroatoms. The molecule has 0 N–H and O–H groups in total. The fourth-order valence-electron chi connectivity index (χ4n) is 15.2. The number of nitrogens with zero attached hydrogens (tertiary/aromatic N) is 2. The predicted octanol–water partition coefficient (Wildman–Crippen LogP) is 18.0. The van der Waals surface area contributed by atoms with Crippen LogP contribution < -0.4 is 26.2 Å². The number of benzene rings is 6. The molecule has 2 atom stereocenters. The monoisotopic (exact) mass is 981 g/mol. The van der Waals surface area contributed by atoms with E-state index in [-0.39, 0.29) is 39.2 Å². The molecular formula is C69H81BN2S. The lowest BCUT2D eigenvalue weighted by Gasteiger charge is -2.46. The van der Waals surface area contributed by atoms with E-state index < -0.39 is 0 Å². The SMILES string of the molecule is Cc1cc(C)c(-c2cc3c4c(c2)N(c2cccc(C(C)(C)CCC(C)C)c2)c2sc5cc6c(cc5c2B4c2cc(C(C)(C)C)ccc2N3c2cc3c(cc2C)C(C)(C)CCC3(C)C)C2(C)CCC6(C)C2)c(C)c1. The largest absolute Gasteiger partial charge is 0.311 e. The van der Waals surface area contributed by atoms with E-state index in [2.05, 4.69) is 230 Å². The molecule has 6 aromatic carbocycles. The summed E-state index contributed by atoms with van der Waals surface area (Å²) in [5.74, 6) is 0.660. The van der Waals surface area contributed by atoms with Crippen LogP contribution in [0.3, 0.4) is 0 Å². The molecular weight excluding hydrogens is 900 g/mol. The van der Waals surface area contributed by atoms with Crippen LogP contribution in [0.5, 0.6) is 0 Å². The summed E-state index contributed by atoms with van der Waals surface area (Å²) in [6.07, 6.45) is 8.56. The van der Waals surface area contributed by atoms with Gasteiger partial charge in [0.05, 0.1) is 5.00 Å². The van der Waals surface area contributed by atoms with Crippen molar-refractivity contribution in [3.8, 4) is 11.1 Å². The van der Waals surface area contributed by atoms with Gasteiger partial charge >= 0.3 is 0 Å². The molecule has 376 valence electrons. The molecule has 0 amide bonds. The molecule has 2 aliphatic heterocycles. The van der Waals surface area contributed by atoms with Crippen molar-refractivity contribution in [1.82, 2.24) is 0 Å². The molecule has 3 heterocycles. The summed E-state index contributed by atoms with van der Waals surface area (Å²) in [5, 5.41) is 2.84. The lowest BCUT2D eigenvalue weighted by atomic mass is 9.33. The summed E-state index contributed by atoms with van der Waals surface area (Å²) in [5.41, 5.74) is 28.5. The van der Waals surface area contributed by atoms with Crippen LogP contribution >= 0.6 is 11.3 Å². The summed E-state index contributed by atoms with van der Waals surface area (Å²) in [4.78, 5) is 5.50. The van der Waals surface area contributed by atoms with Crippen LogP contribution in [0.25, 0.3) is 21.2 Å². The van der Waals surface area contributed by atoms with Gasteiger partial charge in [0, 0.05) is 33.1 Å². The van der Waals surface area contributed by atoms with Crippen molar-refractivity contribution < 1.29 is 0 Å². The topological polar surface area (TPSA) is 6.48 Å². The van der Waals surface area contributed by atoms with E-state index in [1.54, 1.807) is 11.1 Å². The zero-order valence-corrected chi connectivity index (χ0v) is 48.4. The van der Waals surface area contributed by atoms with E-state index in [0.29, 0.717) is 5.92 Å². The Bertz CT molecular complexity index is 3460. The Balaban J connectivity index is 1.23. The Morgan fingerprint density at radius 3 is 1.86 bits per heavy atom. The standard InChI is InChI=1S/C69H81BN2S/c1-40(2)23-24-65(10,11)47-19-18-20-48(34-47)71-57-32-45(60-43(5)29-41(3)30-44(60)6)33-58-62(57)70(61-49-36-52-53(38-59(49)73-63(61)71)69(17)28-27-68(52,16)39-69)54-35-46(64(7,8)9)21-22-55(54)72(58)56-37-51-50(31-42(56)4)66(12,13)25-26-67(51,14)15/h18-22,29-38,40H,23-28,39H2,1-17H3. The van der Waals surface area contributed by atoms with Crippen molar-refractivity contribution in [2.45, 2.75) is 195 Å². The third-order valence-electron chi connectivity index (χ3n) is 19.6. The highest BCUT2D eigenvalue weighted by Crippen LogP contribution is 2.62. The van der Waals surface area contributed by atoms with Crippen LogP contribution in [-0.2, 0) is 32.5 Å². The summed E-state index contributed by atoms with van der Waals surface area (Å²) < 4.78 is 1.44. The molecule has 1 aromatic heterocycles. The van der Waals surface area contributed by atoms with Crippen LogP contribution in [0.4, 0.5) is 33.4 Å². The van der Waals surface area contributed by atoms with E-state index >= 15 is 0 Å². The predicted molar refractivity (Wildman–Crippen MR) is 320 cm³/mol. The van der Waals surface area contributed by atoms with Crippen LogP contribution in [0.2, 0.25) is 0 Å². The van der Waals surface area contributed by atoms with E-state index in [4.69, 9.17) is 0 Å². The van der Waals surface area contributed by atoms with Crippen LogP contribution in [0.15, 0.2) is 91.0 Å². The highest BCUT2D eigenvalue weighted by atomic mass is 32.1. The average molecular weight is 981 g/mol. The molecule has 0 spiro atoms. The van der Waals surface area contributed by atoms with Crippen LogP contribution in [0, 0.1) is 33.6 Å². The van der Waals surface area contributed by atoms with Crippen molar-refractivity contribution in [2.24, 2.45) is 5.92 Å². The maximum Gasteiger partial charge on any atom is 0.254 e. The lowest BCUT2D eigenvalue weighted by molar-refractivity contribution is 0.332. The highest BCUT2D eigenvalue weighted by molar-refractivity contribution is 7.26. The summed E-state index contributed by atoms with van der Waals surface area (Å²) in [7, 11) is 0. The summed E-state index contributed by atoms with van der Waals surface area (Å²) in [6.45, 7) is 41.3. The minimum absolute atomic E-state index is 0.0232. The normalized spacial score (nSPS) is 21.2. The van der Waals surface area contributed by atoms with Gasteiger partial charge < -0.3 is 9.80 Å². The molecule has 5 aliphatic rings. The fraction of sp³-hybridized carbons (Fsp3) is 0.449. The van der Waals surface area contributed by atoms with Gasteiger partial charge in [-0.2, -0.15) is 0 Å².